The van der Waals surface area contributed by atoms with Crippen LogP contribution in [0.3, 0.4) is 0 Å². The van der Waals surface area contributed by atoms with Crippen molar-refractivity contribution in [3.63, 3.8) is 0 Å². The lowest BCUT2D eigenvalue weighted by Crippen LogP contribution is -2.01. The molecule has 0 spiro atoms. The molecule has 0 aromatic heterocycles. The van der Waals surface area contributed by atoms with Crippen molar-refractivity contribution in [1.29, 1.82) is 0 Å². The molecular formula is C9H10INO. The van der Waals surface area contributed by atoms with Crippen molar-refractivity contribution >= 4 is 34.1 Å². The second kappa shape index (κ2) is 3.43. The number of benzene rings is 1. The number of rotatable bonds is 1. The highest BCUT2D eigenvalue weighted by Gasteiger charge is 2.07. The lowest BCUT2D eigenvalue weighted by Gasteiger charge is -2.06. The Hall–Kier alpha value is -0.580. The minimum Gasteiger partial charge on any atom is -0.398 e. The van der Waals surface area contributed by atoms with Gasteiger partial charge in [-0.2, -0.15) is 0 Å². The number of hydrogen-bond donors (Lipinski definition) is 1. The summed E-state index contributed by atoms with van der Waals surface area (Å²) in [5, 5.41) is 0. The Morgan fingerprint density at radius 3 is 2.58 bits per heavy atom. The second-order valence-electron chi connectivity index (χ2n) is 2.69. The maximum absolute atomic E-state index is 11.1. The minimum absolute atomic E-state index is 0.0654. The van der Waals surface area contributed by atoms with E-state index in [2.05, 4.69) is 22.6 Å². The van der Waals surface area contributed by atoms with Crippen molar-refractivity contribution in [2.24, 2.45) is 0 Å². The Morgan fingerprint density at radius 1 is 1.50 bits per heavy atom. The van der Waals surface area contributed by atoms with Crippen LogP contribution in [0.5, 0.6) is 0 Å². The molecule has 0 unspecified atom stereocenters. The van der Waals surface area contributed by atoms with Crippen molar-refractivity contribution in [3.8, 4) is 0 Å². The van der Waals surface area contributed by atoms with Crippen LogP contribution in [0.4, 0.5) is 5.69 Å². The zero-order chi connectivity index (χ0) is 9.30. The van der Waals surface area contributed by atoms with Gasteiger partial charge in [0, 0.05) is 14.8 Å². The first-order valence-corrected chi connectivity index (χ1v) is 4.67. The van der Waals surface area contributed by atoms with E-state index in [4.69, 9.17) is 5.73 Å². The van der Waals surface area contributed by atoms with Gasteiger partial charge in [-0.1, -0.05) is 0 Å². The third-order valence-corrected chi connectivity index (χ3v) is 2.78. The van der Waals surface area contributed by atoms with Crippen molar-refractivity contribution in [2.45, 2.75) is 13.8 Å². The molecule has 2 nitrogen and oxygen atoms in total. The van der Waals surface area contributed by atoms with E-state index in [9.17, 15) is 4.79 Å². The number of nitrogens with two attached hydrogens (primary N) is 1. The van der Waals surface area contributed by atoms with Crippen LogP contribution in [-0.4, -0.2) is 5.78 Å². The van der Waals surface area contributed by atoms with Crippen LogP contribution in [-0.2, 0) is 0 Å². The molecule has 0 aliphatic rings. The Morgan fingerprint density at radius 2 is 2.08 bits per heavy atom. The van der Waals surface area contributed by atoms with E-state index in [-0.39, 0.29) is 5.78 Å². The average molecular weight is 275 g/mol. The van der Waals surface area contributed by atoms with Crippen LogP contribution in [0.15, 0.2) is 12.1 Å². The van der Waals surface area contributed by atoms with Crippen LogP contribution < -0.4 is 5.73 Å². The topological polar surface area (TPSA) is 43.1 Å². The van der Waals surface area contributed by atoms with Gasteiger partial charge >= 0.3 is 0 Å². The fourth-order valence-corrected chi connectivity index (χ4v) is 1.66. The number of nitrogen functional groups attached to an aromatic ring is 1. The average Bonchev–Trinajstić information content (AvgIpc) is 2.00. The molecule has 1 rings (SSSR count). The molecule has 0 bridgehead atoms. The van der Waals surface area contributed by atoms with Crippen molar-refractivity contribution in [1.82, 2.24) is 0 Å². The highest BCUT2D eigenvalue weighted by Crippen LogP contribution is 2.22. The maximum atomic E-state index is 11.1. The summed E-state index contributed by atoms with van der Waals surface area (Å²) in [6, 6.07) is 3.68. The number of ketones is 1. The molecule has 0 aliphatic heterocycles. The first-order valence-electron chi connectivity index (χ1n) is 3.59. The smallest absolute Gasteiger partial charge is 0.160 e. The van der Waals surface area contributed by atoms with Gasteiger partial charge < -0.3 is 5.73 Å². The Kier molecular flexibility index (Phi) is 2.72. The predicted molar refractivity (Wildman–Crippen MR) is 58.3 cm³/mol. The summed E-state index contributed by atoms with van der Waals surface area (Å²) in [5.74, 6) is 0.0654. The molecule has 2 N–H and O–H groups in total. The number of halogens is 1. The summed E-state index contributed by atoms with van der Waals surface area (Å²) < 4.78 is 0.995. The largest absolute Gasteiger partial charge is 0.398 e. The SMILES string of the molecule is CC(=O)c1ccc(I)c(N)c1C. The summed E-state index contributed by atoms with van der Waals surface area (Å²) in [4.78, 5) is 11.1. The standard InChI is InChI=1S/C9H10INO/c1-5-7(6(2)12)3-4-8(10)9(5)11/h3-4H,11H2,1-2H3. The van der Waals surface area contributed by atoms with Gasteiger partial charge in [0.15, 0.2) is 5.78 Å². The minimum atomic E-state index is 0.0654. The molecule has 0 fully saturated rings. The number of carbonyl (C=O) groups excluding carboxylic acids is 1. The van der Waals surface area contributed by atoms with Gasteiger partial charge in [0.2, 0.25) is 0 Å². The summed E-state index contributed by atoms with van der Waals surface area (Å²) in [6.07, 6.45) is 0. The third kappa shape index (κ3) is 1.60. The van der Waals surface area contributed by atoms with Crippen LogP contribution in [0.25, 0.3) is 0 Å². The fraction of sp³-hybridized carbons (Fsp3) is 0.222. The van der Waals surface area contributed by atoms with Crippen molar-refractivity contribution in [3.05, 3.63) is 26.8 Å². The van der Waals surface area contributed by atoms with Gasteiger partial charge in [-0.15, -0.1) is 0 Å². The molecule has 0 atom stereocenters. The van der Waals surface area contributed by atoms with Crippen LogP contribution in [0, 0.1) is 10.5 Å². The van der Waals surface area contributed by atoms with Gasteiger partial charge in [-0.05, 0) is 54.1 Å². The van der Waals surface area contributed by atoms with E-state index in [0.29, 0.717) is 11.3 Å². The first-order chi connectivity index (χ1) is 5.54. The zero-order valence-corrected chi connectivity index (χ0v) is 9.18. The zero-order valence-electron chi connectivity index (χ0n) is 7.02. The Labute approximate surface area is 85.3 Å². The molecule has 12 heavy (non-hydrogen) atoms. The molecular weight excluding hydrogens is 265 g/mol. The number of anilines is 1. The quantitative estimate of drug-likeness (QED) is 0.486. The lowest BCUT2D eigenvalue weighted by molar-refractivity contribution is 0.101. The summed E-state index contributed by atoms with van der Waals surface area (Å²) in [7, 11) is 0. The number of hydrogen-bond acceptors (Lipinski definition) is 2. The normalized spacial score (nSPS) is 9.92. The van der Waals surface area contributed by atoms with E-state index < -0.39 is 0 Å². The van der Waals surface area contributed by atoms with E-state index in [1.54, 1.807) is 6.92 Å². The predicted octanol–water partition coefficient (Wildman–Crippen LogP) is 2.38. The van der Waals surface area contributed by atoms with Gasteiger partial charge in [0.05, 0.1) is 0 Å². The number of Topliss-reactive ketones (excluding diaryl/α,β-unsaturated/α-hetero) is 1. The monoisotopic (exact) mass is 275 g/mol. The summed E-state index contributed by atoms with van der Waals surface area (Å²) in [6.45, 7) is 3.42. The van der Waals surface area contributed by atoms with Gasteiger partial charge in [-0.3, -0.25) is 4.79 Å². The van der Waals surface area contributed by atoms with Gasteiger partial charge in [0.25, 0.3) is 0 Å². The van der Waals surface area contributed by atoms with Crippen molar-refractivity contribution in [2.75, 3.05) is 5.73 Å². The molecule has 1 aromatic carbocycles. The highest BCUT2D eigenvalue weighted by molar-refractivity contribution is 14.1. The highest BCUT2D eigenvalue weighted by atomic mass is 127. The third-order valence-electron chi connectivity index (χ3n) is 1.84. The molecule has 0 saturated carbocycles. The molecule has 0 amide bonds. The first kappa shape index (κ1) is 9.51. The molecule has 0 heterocycles. The second-order valence-corrected chi connectivity index (χ2v) is 3.85. The molecule has 1 aromatic rings. The molecule has 0 saturated heterocycles. The molecule has 0 radical (unpaired) electrons. The van der Waals surface area contributed by atoms with E-state index in [1.807, 2.05) is 19.1 Å². The van der Waals surface area contributed by atoms with Crippen LogP contribution in [0.1, 0.15) is 22.8 Å². The van der Waals surface area contributed by atoms with Crippen LogP contribution in [0.2, 0.25) is 0 Å². The molecule has 64 valence electrons. The Balaban J connectivity index is 3.36. The maximum Gasteiger partial charge on any atom is 0.160 e. The van der Waals surface area contributed by atoms with E-state index in [1.165, 1.54) is 0 Å². The molecule has 0 aliphatic carbocycles. The summed E-state index contributed by atoms with van der Waals surface area (Å²) >= 11 is 2.15. The lowest BCUT2D eigenvalue weighted by atomic mass is 10.0. The van der Waals surface area contributed by atoms with Gasteiger partial charge in [-0.25, -0.2) is 0 Å². The van der Waals surface area contributed by atoms with E-state index in [0.717, 1.165) is 9.13 Å². The fourth-order valence-electron chi connectivity index (χ4n) is 1.08. The number of carbonyl (C=O) groups is 1. The van der Waals surface area contributed by atoms with Crippen LogP contribution >= 0.6 is 22.6 Å². The van der Waals surface area contributed by atoms with Gasteiger partial charge in [0.1, 0.15) is 0 Å². The van der Waals surface area contributed by atoms with E-state index >= 15 is 0 Å². The summed E-state index contributed by atoms with van der Waals surface area (Å²) in [5.41, 5.74) is 8.07. The molecule has 3 heteroatoms. The van der Waals surface area contributed by atoms with Crippen molar-refractivity contribution < 1.29 is 4.79 Å². The Bertz CT molecular complexity index is 334.